The van der Waals surface area contributed by atoms with Gasteiger partial charge in [-0.3, -0.25) is 0 Å². The maximum atomic E-state index is 11.3. The molecule has 0 saturated heterocycles. The van der Waals surface area contributed by atoms with Gasteiger partial charge in [-0.1, -0.05) is 51.8 Å². The topological polar surface area (TPSA) is 35.5 Å². The van der Waals surface area contributed by atoms with Crippen LogP contribution in [-0.4, -0.2) is 27.5 Å². The van der Waals surface area contributed by atoms with Crippen LogP contribution in [0.3, 0.4) is 0 Å². The Labute approximate surface area is 149 Å². The molecule has 24 heavy (non-hydrogen) atoms. The van der Waals surface area contributed by atoms with Crippen molar-refractivity contribution in [1.29, 1.82) is 0 Å². The monoisotopic (exact) mass is 352 g/mol. The molecule has 1 rings (SSSR count). The number of carbonyl (C=O) groups is 1. The zero-order valence-corrected chi connectivity index (χ0v) is 17.4. The standard InChI is InChI=1S/C20H36O3Si/c1-7-22-19(21)15-11-10-13-17-12-8-9-14-18(17)16-23-24(5,6)20(2,3)4/h10-11,13,15,17-18H,7-9,12,14,16H2,1-6H3/t17-,18-/m0/s1. The third-order valence-electron chi connectivity index (χ3n) is 5.42. The summed E-state index contributed by atoms with van der Waals surface area (Å²) in [5, 5.41) is 0.259. The van der Waals surface area contributed by atoms with Gasteiger partial charge in [0, 0.05) is 12.7 Å². The van der Waals surface area contributed by atoms with E-state index in [1.165, 1.54) is 31.8 Å². The Morgan fingerprint density at radius 3 is 2.46 bits per heavy atom. The fraction of sp³-hybridized carbons (Fsp3) is 0.750. The first kappa shape index (κ1) is 21.2. The van der Waals surface area contributed by atoms with Crippen LogP contribution < -0.4 is 0 Å². The van der Waals surface area contributed by atoms with E-state index >= 15 is 0 Å². The van der Waals surface area contributed by atoms with Crippen molar-refractivity contribution in [1.82, 2.24) is 0 Å². The van der Waals surface area contributed by atoms with E-state index in [0.29, 0.717) is 18.4 Å². The van der Waals surface area contributed by atoms with E-state index in [2.05, 4.69) is 39.9 Å². The number of hydrogen-bond acceptors (Lipinski definition) is 3. The van der Waals surface area contributed by atoms with Crippen molar-refractivity contribution in [3.63, 3.8) is 0 Å². The lowest BCUT2D eigenvalue weighted by Gasteiger charge is -2.39. The summed E-state index contributed by atoms with van der Waals surface area (Å²) in [5.74, 6) is 0.874. The number of esters is 1. The lowest BCUT2D eigenvalue weighted by Crippen LogP contribution is -2.42. The highest BCUT2D eigenvalue weighted by molar-refractivity contribution is 6.74. The van der Waals surface area contributed by atoms with Gasteiger partial charge < -0.3 is 9.16 Å². The molecule has 0 bridgehead atoms. The van der Waals surface area contributed by atoms with Crippen LogP contribution in [0.25, 0.3) is 0 Å². The van der Waals surface area contributed by atoms with Crippen molar-refractivity contribution in [3.05, 3.63) is 24.3 Å². The minimum atomic E-state index is -1.68. The van der Waals surface area contributed by atoms with Gasteiger partial charge in [0.25, 0.3) is 0 Å². The van der Waals surface area contributed by atoms with Gasteiger partial charge in [0.2, 0.25) is 0 Å². The molecule has 138 valence electrons. The van der Waals surface area contributed by atoms with Crippen molar-refractivity contribution in [2.75, 3.05) is 13.2 Å². The zero-order chi connectivity index (χ0) is 18.2. The second kappa shape index (κ2) is 9.57. The maximum Gasteiger partial charge on any atom is 0.330 e. The van der Waals surface area contributed by atoms with E-state index in [0.717, 1.165) is 6.61 Å². The molecule has 0 aliphatic heterocycles. The summed E-state index contributed by atoms with van der Waals surface area (Å²) in [6.07, 6.45) is 12.6. The lowest BCUT2D eigenvalue weighted by molar-refractivity contribution is -0.137. The van der Waals surface area contributed by atoms with Crippen LogP contribution in [0.2, 0.25) is 18.1 Å². The summed E-state index contributed by atoms with van der Waals surface area (Å²) in [5.41, 5.74) is 0. The first-order valence-electron chi connectivity index (χ1n) is 9.33. The molecule has 0 radical (unpaired) electrons. The van der Waals surface area contributed by atoms with Crippen molar-refractivity contribution >= 4 is 14.3 Å². The van der Waals surface area contributed by atoms with Gasteiger partial charge >= 0.3 is 5.97 Å². The fourth-order valence-electron chi connectivity index (χ4n) is 2.76. The molecule has 2 atom stereocenters. The molecule has 1 fully saturated rings. The molecular weight excluding hydrogens is 316 g/mol. The molecule has 0 aromatic carbocycles. The van der Waals surface area contributed by atoms with Crippen LogP contribution in [0.1, 0.15) is 53.4 Å². The molecule has 0 spiro atoms. The molecule has 1 aliphatic carbocycles. The first-order chi connectivity index (χ1) is 11.2. The average molecular weight is 353 g/mol. The zero-order valence-electron chi connectivity index (χ0n) is 16.4. The summed E-state index contributed by atoms with van der Waals surface area (Å²) in [7, 11) is -1.68. The molecule has 0 unspecified atom stereocenters. The van der Waals surface area contributed by atoms with Crippen LogP contribution in [0, 0.1) is 11.8 Å². The van der Waals surface area contributed by atoms with E-state index in [1.807, 2.05) is 13.0 Å². The average Bonchev–Trinajstić information content (AvgIpc) is 2.49. The number of rotatable bonds is 7. The van der Waals surface area contributed by atoms with Gasteiger partial charge in [0.05, 0.1) is 6.61 Å². The Kier molecular flexibility index (Phi) is 8.44. The molecule has 0 aromatic heterocycles. The lowest BCUT2D eigenvalue weighted by atomic mass is 9.79. The molecular formula is C20H36O3Si. The number of allylic oxidation sites excluding steroid dienone is 3. The van der Waals surface area contributed by atoms with Crippen LogP contribution in [0.15, 0.2) is 24.3 Å². The molecule has 1 saturated carbocycles. The van der Waals surface area contributed by atoms with Gasteiger partial charge in [-0.25, -0.2) is 4.79 Å². The third-order valence-corrected chi connectivity index (χ3v) is 9.92. The molecule has 3 nitrogen and oxygen atoms in total. The normalized spacial score (nSPS) is 23.1. The van der Waals surface area contributed by atoms with E-state index in [9.17, 15) is 4.79 Å². The summed E-state index contributed by atoms with van der Waals surface area (Å²) >= 11 is 0. The second-order valence-electron chi connectivity index (χ2n) is 8.28. The van der Waals surface area contributed by atoms with Crippen molar-refractivity contribution < 1.29 is 14.0 Å². The summed E-state index contributed by atoms with van der Waals surface area (Å²) in [6, 6.07) is 0. The van der Waals surface area contributed by atoms with E-state index in [4.69, 9.17) is 9.16 Å². The van der Waals surface area contributed by atoms with E-state index < -0.39 is 8.32 Å². The Bertz CT molecular complexity index is 446. The highest BCUT2D eigenvalue weighted by atomic mass is 28.4. The maximum absolute atomic E-state index is 11.3. The van der Waals surface area contributed by atoms with Crippen LogP contribution in [0.4, 0.5) is 0 Å². The minimum absolute atomic E-state index is 0.259. The summed E-state index contributed by atoms with van der Waals surface area (Å²) in [6.45, 7) is 14.6. The number of carbonyl (C=O) groups excluding carboxylic acids is 1. The van der Waals surface area contributed by atoms with Crippen LogP contribution >= 0.6 is 0 Å². The van der Waals surface area contributed by atoms with Crippen molar-refractivity contribution in [2.45, 2.75) is 71.5 Å². The van der Waals surface area contributed by atoms with Gasteiger partial charge in [-0.05, 0) is 49.7 Å². The molecule has 0 heterocycles. The summed E-state index contributed by atoms with van der Waals surface area (Å²) in [4.78, 5) is 11.3. The second-order valence-corrected chi connectivity index (χ2v) is 13.1. The quantitative estimate of drug-likeness (QED) is 0.263. The highest BCUT2D eigenvalue weighted by Crippen LogP contribution is 2.38. The Morgan fingerprint density at radius 1 is 1.17 bits per heavy atom. The fourth-order valence-corrected chi connectivity index (χ4v) is 3.82. The predicted octanol–water partition coefficient (Wildman–Crippen LogP) is 5.49. The predicted molar refractivity (Wildman–Crippen MR) is 104 cm³/mol. The summed E-state index contributed by atoms with van der Waals surface area (Å²) < 4.78 is 11.3. The molecule has 0 aromatic rings. The van der Waals surface area contributed by atoms with Crippen LogP contribution in [-0.2, 0) is 14.0 Å². The molecule has 4 heteroatoms. The molecule has 0 N–H and O–H groups in total. The Morgan fingerprint density at radius 2 is 1.83 bits per heavy atom. The van der Waals surface area contributed by atoms with Gasteiger partial charge in [0.1, 0.15) is 0 Å². The van der Waals surface area contributed by atoms with Gasteiger partial charge in [-0.15, -0.1) is 0 Å². The molecule has 1 aliphatic rings. The number of ether oxygens (including phenoxy) is 1. The molecule has 0 amide bonds. The minimum Gasteiger partial charge on any atom is -0.463 e. The SMILES string of the molecule is CCOC(=O)C=CC=C[C@@H]1CCCC[C@H]1CO[Si](C)(C)C(C)(C)C. The van der Waals surface area contributed by atoms with Gasteiger partial charge in [0.15, 0.2) is 8.32 Å². The number of hydrogen-bond donors (Lipinski definition) is 0. The highest BCUT2D eigenvalue weighted by Gasteiger charge is 2.38. The van der Waals surface area contributed by atoms with E-state index in [1.54, 1.807) is 6.08 Å². The Hall–Kier alpha value is -0.873. The largest absolute Gasteiger partial charge is 0.463 e. The van der Waals surface area contributed by atoms with E-state index in [-0.39, 0.29) is 11.0 Å². The van der Waals surface area contributed by atoms with Crippen molar-refractivity contribution in [2.24, 2.45) is 11.8 Å². The van der Waals surface area contributed by atoms with Gasteiger partial charge in [-0.2, -0.15) is 0 Å². The smallest absolute Gasteiger partial charge is 0.330 e. The van der Waals surface area contributed by atoms with Crippen molar-refractivity contribution in [3.8, 4) is 0 Å². The third kappa shape index (κ3) is 6.94. The van der Waals surface area contributed by atoms with Crippen LogP contribution in [0.5, 0.6) is 0 Å². The first-order valence-corrected chi connectivity index (χ1v) is 12.2. The Balaban J connectivity index is 2.58.